The number of carbonyl (C=O) groups is 2. The first kappa shape index (κ1) is 26.9. The number of carbonyl (C=O) groups excluding carboxylic acids is 2. The van der Waals surface area contributed by atoms with Crippen LogP contribution in [0.15, 0.2) is 54.6 Å². The van der Waals surface area contributed by atoms with Gasteiger partial charge in [-0.2, -0.15) is 0 Å². The summed E-state index contributed by atoms with van der Waals surface area (Å²) < 4.78 is 0. The van der Waals surface area contributed by atoms with Crippen LogP contribution in [0, 0.1) is 5.92 Å². The second kappa shape index (κ2) is 13.3. The molecule has 1 aliphatic rings. The van der Waals surface area contributed by atoms with Crippen molar-refractivity contribution >= 4 is 42.3 Å². The molecule has 8 heteroatoms. The van der Waals surface area contributed by atoms with E-state index in [2.05, 4.69) is 15.5 Å². The Morgan fingerprint density at radius 2 is 1.61 bits per heavy atom. The third-order valence-electron chi connectivity index (χ3n) is 5.46. The van der Waals surface area contributed by atoms with Gasteiger partial charge in [0.05, 0.1) is 5.92 Å². The van der Waals surface area contributed by atoms with Gasteiger partial charge in [0.15, 0.2) is 0 Å². The standard InChI is InChI=1S/C23H30N4O2.2ClH/c1-17(21(24)18-7-3-2-4-8-18)22(28)26-20-11-9-19(10-12-20)23(29)25-13-16-27-14-5-6-15-27;;/h2-4,7-12,17,21H,5-6,13-16,24H2,1H3,(H,25,29)(H,26,28);2*1H. The van der Waals surface area contributed by atoms with E-state index in [0.29, 0.717) is 17.8 Å². The summed E-state index contributed by atoms with van der Waals surface area (Å²) in [7, 11) is 0. The fraction of sp³-hybridized carbons (Fsp3) is 0.391. The fourth-order valence-corrected chi connectivity index (χ4v) is 3.52. The second-order valence-electron chi connectivity index (χ2n) is 7.60. The molecular weight excluding hydrogens is 435 g/mol. The lowest BCUT2D eigenvalue weighted by molar-refractivity contribution is -0.120. The lowest BCUT2D eigenvalue weighted by Gasteiger charge is -2.20. The minimum absolute atomic E-state index is 0. The average Bonchev–Trinajstić information content (AvgIpc) is 3.27. The van der Waals surface area contributed by atoms with E-state index in [1.165, 1.54) is 12.8 Å². The Labute approximate surface area is 196 Å². The number of nitrogens with zero attached hydrogens (tertiary/aromatic N) is 1. The normalized spacial score (nSPS) is 15.2. The Hall–Kier alpha value is -2.12. The maximum Gasteiger partial charge on any atom is 0.251 e. The zero-order chi connectivity index (χ0) is 20.6. The molecule has 2 amide bonds. The molecule has 1 aliphatic heterocycles. The quantitative estimate of drug-likeness (QED) is 0.554. The minimum Gasteiger partial charge on any atom is -0.351 e. The van der Waals surface area contributed by atoms with Crippen molar-refractivity contribution in [2.45, 2.75) is 25.8 Å². The van der Waals surface area contributed by atoms with Gasteiger partial charge in [-0.25, -0.2) is 0 Å². The summed E-state index contributed by atoms with van der Waals surface area (Å²) in [5, 5.41) is 5.83. The Kier molecular flexibility index (Phi) is 11.6. The monoisotopic (exact) mass is 466 g/mol. The van der Waals surface area contributed by atoms with Crippen LogP contribution in [0.2, 0.25) is 0 Å². The van der Waals surface area contributed by atoms with Crippen molar-refractivity contribution in [2.24, 2.45) is 11.7 Å². The molecule has 0 aromatic heterocycles. The number of amides is 2. The van der Waals surface area contributed by atoms with Gasteiger partial charge in [-0.05, 0) is 55.8 Å². The van der Waals surface area contributed by atoms with Gasteiger partial charge >= 0.3 is 0 Å². The molecule has 1 saturated heterocycles. The maximum atomic E-state index is 12.5. The van der Waals surface area contributed by atoms with Gasteiger partial charge in [-0.1, -0.05) is 37.3 Å². The van der Waals surface area contributed by atoms with Crippen LogP contribution >= 0.6 is 24.8 Å². The maximum absolute atomic E-state index is 12.5. The first-order chi connectivity index (χ1) is 14.0. The van der Waals surface area contributed by atoms with E-state index in [0.717, 1.165) is 25.2 Å². The van der Waals surface area contributed by atoms with E-state index in [1.54, 1.807) is 24.3 Å². The number of hydrogen-bond donors (Lipinski definition) is 3. The number of hydrogen-bond acceptors (Lipinski definition) is 4. The van der Waals surface area contributed by atoms with E-state index in [9.17, 15) is 9.59 Å². The van der Waals surface area contributed by atoms with E-state index in [4.69, 9.17) is 5.73 Å². The predicted octanol–water partition coefficient (Wildman–Crippen LogP) is 3.63. The van der Waals surface area contributed by atoms with Crippen molar-refractivity contribution in [3.05, 3.63) is 65.7 Å². The molecule has 2 aromatic rings. The Balaban J connectivity index is 0.00000240. The van der Waals surface area contributed by atoms with Crippen LogP contribution in [0.1, 0.15) is 41.7 Å². The van der Waals surface area contributed by atoms with Gasteiger partial charge in [0.2, 0.25) is 5.91 Å². The lowest BCUT2D eigenvalue weighted by atomic mass is 9.94. The van der Waals surface area contributed by atoms with Gasteiger partial charge in [0.25, 0.3) is 5.91 Å². The van der Waals surface area contributed by atoms with Crippen LogP contribution in [-0.2, 0) is 4.79 Å². The van der Waals surface area contributed by atoms with Crippen molar-refractivity contribution < 1.29 is 9.59 Å². The summed E-state index contributed by atoms with van der Waals surface area (Å²) in [6.45, 7) is 5.59. The molecule has 0 bridgehead atoms. The van der Waals surface area contributed by atoms with Crippen molar-refractivity contribution in [1.29, 1.82) is 0 Å². The molecule has 1 fully saturated rings. The van der Waals surface area contributed by atoms with Gasteiger partial charge in [0, 0.05) is 30.4 Å². The molecule has 0 spiro atoms. The van der Waals surface area contributed by atoms with Gasteiger partial charge in [-0.15, -0.1) is 24.8 Å². The van der Waals surface area contributed by atoms with E-state index < -0.39 is 0 Å². The highest BCUT2D eigenvalue weighted by atomic mass is 35.5. The first-order valence-electron chi connectivity index (χ1n) is 10.3. The van der Waals surface area contributed by atoms with Crippen LogP contribution in [-0.4, -0.2) is 42.9 Å². The fourth-order valence-electron chi connectivity index (χ4n) is 3.52. The summed E-state index contributed by atoms with van der Waals surface area (Å²) in [5.41, 5.74) is 8.39. The highest BCUT2D eigenvalue weighted by molar-refractivity contribution is 5.96. The number of benzene rings is 2. The molecule has 2 aromatic carbocycles. The van der Waals surface area contributed by atoms with Gasteiger partial charge < -0.3 is 21.3 Å². The smallest absolute Gasteiger partial charge is 0.251 e. The number of anilines is 1. The van der Waals surface area contributed by atoms with Gasteiger partial charge in [-0.3, -0.25) is 9.59 Å². The summed E-state index contributed by atoms with van der Waals surface area (Å²) >= 11 is 0. The SMILES string of the molecule is CC(C(=O)Nc1ccc(C(=O)NCCN2CCCC2)cc1)C(N)c1ccccc1.Cl.Cl. The lowest BCUT2D eigenvalue weighted by Crippen LogP contribution is -2.33. The number of likely N-dealkylation sites (tertiary alicyclic amines) is 1. The molecule has 3 rings (SSSR count). The van der Waals surface area contributed by atoms with Crippen molar-refractivity contribution in [2.75, 3.05) is 31.5 Å². The molecule has 6 nitrogen and oxygen atoms in total. The van der Waals surface area contributed by atoms with Crippen molar-refractivity contribution in [1.82, 2.24) is 10.2 Å². The summed E-state index contributed by atoms with van der Waals surface area (Å²) in [6.07, 6.45) is 2.49. The molecule has 4 N–H and O–H groups in total. The Morgan fingerprint density at radius 3 is 2.23 bits per heavy atom. The molecule has 0 saturated carbocycles. The number of halogens is 2. The van der Waals surface area contributed by atoms with E-state index in [1.807, 2.05) is 37.3 Å². The molecule has 0 aliphatic carbocycles. The topological polar surface area (TPSA) is 87.5 Å². The van der Waals surface area contributed by atoms with Crippen LogP contribution in [0.25, 0.3) is 0 Å². The van der Waals surface area contributed by atoms with Crippen LogP contribution in [0.5, 0.6) is 0 Å². The average molecular weight is 467 g/mol. The zero-order valence-electron chi connectivity index (χ0n) is 17.8. The number of nitrogens with one attached hydrogen (secondary N) is 2. The van der Waals surface area contributed by atoms with Crippen LogP contribution < -0.4 is 16.4 Å². The molecular formula is C23H32Cl2N4O2. The molecule has 170 valence electrons. The first-order valence-corrected chi connectivity index (χ1v) is 10.3. The van der Waals surface area contributed by atoms with Crippen LogP contribution in [0.4, 0.5) is 5.69 Å². The number of rotatable bonds is 8. The second-order valence-corrected chi connectivity index (χ2v) is 7.60. The van der Waals surface area contributed by atoms with Gasteiger partial charge in [0.1, 0.15) is 0 Å². The largest absolute Gasteiger partial charge is 0.351 e. The van der Waals surface area contributed by atoms with Crippen LogP contribution in [0.3, 0.4) is 0 Å². The summed E-state index contributed by atoms with van der Waals surface area (Å²) in [4.78, 5) is 27.2. The third-order valence-corrected chi connectivity index (χ3v) is 5.46. The molecule has 31 heavy (non-hydrogen) atoms. The minimum atomic E-state index is -0.383. The highest BCUT2D eigenvalue weighted by Crippen LogP contribution is 2.21. The highest BCUT2D eigenvalue weighted by Gasteiger charge is 2.22. The summed E-state index contributed by atoms with van der Waals surface area (Å²) in [6, 6.07) is 16.1. The Bertz CT molecular complexity index is 812. The molecule has 1 heterocycles. The predicted molar refractivity (Wildman–Crippen MR) is 130 cm³/mol. The van der Waals surface area contributed by atoms with E-state index >= 15 is 0 Å². The molecule has 2 atom stereocenters. The van der Waals surface area contributed by atoms with Crippen molar-refractivity contribution in [3.63, 3.8) is 0 Å². The summed E-state index contributed by atoms with van der Waals surface area (Å²) in [5.74, 6) is -0.628. The molecule has 0 radical (unpaired) electrons. The zero-order valence-corrected chi connectivity index (χ0v) is 19.4. The molecule has 2 unspecified atom stereocenters. The Morgan fingerprint density at radius 1 is 1.00 bits per heavy atom. The van der Waals surface area contributed by atoms with Crippen molar-refractivity contribution in [3.8, 4) is 0 Å². The third kappa shape index (κ3) is 7.82. The van der Waals surface area contributed by atoms with E-state index in [-0.39, 0.29) is 48.6 Å². The number of nitrogens with two attached hydrogens (primary N) is 1.